The number of halogens is 1. The first kappa shape index (κ1) is 17.4. The van der Waals surface area contributed by atoms with Crippen molar-refractivity contribution in [3.05, 3.63) is 57.6 Å². The summed E-state index contributed by atoms with van der Waals surface area (Å²) in [6.45, 7) is 1.28. The van der Waals surface area contributed by atoms with Crippen LogP contribution in [0.5, 0.6) is 0 Å². The topological polar surface area (TPSA) is 98.5 Å². The number of carbonyl (C=O) groups is 2. The minimum absolute atomic E-state index is 0.0384. The molecule has 1 aromatic rings. The van der Waals surface area contributed by atoms with Crippen LogP contribution >= 0.6 is 11.6 Å². The maximum Gasteiger partial charge on any atom is 0.331 e. The van der Waals surface area contributed by atoms with E-state index in [9.17, 15) is 19.7 Å². The zero-order chi connectivity index (χ0) is 16.5. The van der Waals surface area contributed by atoms with Gasteiger partial charge in [-0.05, 0) is 19.1 Å². The molecule has 0 heterocycles. The summed E-state index contributed by atoms with van der Waals surface area (Å²) in [6.07, 6.45) is 6.00. The fraction of sp³-hybridized carbons (Fsp3) is 0.143. The second-order valence-corrected chi connectivity index (χ2v) is 4.37. The van der Waals surface area contributed by atoms with Crippen molar-refractivity contribution in [1.82, 2.24) is 0 Å². The zero-order valence-electron chi connectivity index (χ0n) is 11.6. The molecular formula is C14H13ClN2O5. The van der Waals surface area contributed by atoms with Crippen LogP contribution < -0.4 is 5.32 Å². The van der Waals surface area contributed by atoms with Crippen molar-refractivity contribution < 1.29 is 19.2 Å². The van der Waals surface area contributed by atoms with Crippen molar-refractivity contribution in [2.45, 2.75) is 6.92 Å². The molecule has 1 rings (SSSR count). The van der Waals surface area contributed by atoms with Crippen LogP contribution in [0, 0.1) is 10.1 Å². The highest BCUT2D eigenvalue weighted by atomic mass is 35.5. The standard InChI is InChI=1S/C14H13ClN2O5/c1-2-3-4-5-14(19)22-9-13(18)16-10-6-7-11(15)12(8-10)17(20)21/h2-8H,9H2,1H3,(H,16,18)/b3-2+,5-4+. The molecule has 0 aliphatic carbocycles. The lowest BCUT2D eigenvalue weighted by Gasteiger charge is -2.05. The Bertz CT molecular complexity index is 640. The number of nitro groups is 1. The molecule has 0 aliphatic heterocycles. The summed E-state index contributed by atoms with van der Waals surface area (Å²) in [4.78, 5) is 32.9. The van der Waals surface area contributed by atoms with Crippen molar-refractivity contribution >= 4 is 34.9 Å². The lowest BCUT2D eigenvalue weighted by atomic mass is 10.3. The van der Waals surface area contributed by atoms with E-state index in [1.165, 1.54) is 24.3 Å². The largest absolute Gasteiger partial charge is 0.452 e. The van der Waals surface area contributed by atoms with Gasteiger partial charge in [0.15, 0.2) is 6.61 Å². The molecule has 116 valence electrons. The third-order valence-electron chi connectivity index (χ3n) is 2.31. The van der Waals surface area contributed by atoms with E-state index in [4.69, 9.17) is 16.3 Å². The fourth-order valence-electron chi connectivity index (χ4n) is 1.36. The van der Waals surface area contributed by atoms with Gasteiger partial charge in [-0.2, -0.15) is 0 Å². The summed E-state index contributed by atoms with van der Waals surface area (Å²) in [5.41, 5.74) is -0.146. The molecule has 0 saturated carbocycles. The number of anilines is 1. The number of hydrogen-bond donors (Lipinski definition) is 1. The lowest BCUT2D eigenvalue weighted by Crippen LogP contribution is -2.20. The van der Waals surface area contributed by atoms with E-state index in [2.05, 4.69) is 5.32 Å². The van der Waals surface area contributed by atoms with Gasteiger partial charge in [0, 0.05) is 17.8 Å². The molecule has 22 heavy (non-hydrogen) atoms. The van der Waals surface area contributed by atoms with Crippen molar-refractivity contribution in [2.75, 3.05) is 11.9 Å². The van der Waals surface area contributed by atoms with Crippen LogP contribution in [0.25, 0.3) is 0 Å². The minimum atomic E-state index is -0.671. The second-order valence-electron chi connectivity index (χ2n) is 3.96. The summed E-state index contributed by atoms with van der Waals surface area (Å²) in [5, 5.41) is 13.1. The van der Waals surface area contributed by atoms with Gasteiger partial charge in [-0.15, -0.1) is 0 Å². The summed E-state index contributed by atoms with van der Waals surface area (Å²) >= 11 is 5.65. The van der Waals surface area contributed by atoms with Crippen molar-refractivity contribution in [1.29, 1.82) is 0 Å². The van der Waals surface area contributed by atoms with E-state index in [-0.39, 0.29) is 16.4 Å². The number of nitrogens with zero attached hydrogens (tertiary/aromatic N) is 1. The average molecular weight is 325 g/mol. The number of benzene rings is 1. The molecular weight excluding hydrogens is 312 g/mol. The first-order valence-corrected chi connectivity index (χ1v) is 6.51. The van der Waals surface area contributed by atoms with E-state index in [0.29, 0.717) is 0 Å². The Morgan fingerprint density at radius 1 is 1.41 bits per heavy atom. The molecule has 7 nitrogen and oxygen atoms in total. The smallest absolute Gasteiger partial charge is 0.331 e. The van der Waals surface area contributed by atoms with E-state index in [1.54, 1.807) is 19.1 Å². The Morgan fingerprint density at radius 3 is 2.77 bits per heavy atom. The van der Waals surface area contributed by atoms with Crippen LogP contribution in [0.15, 0.2) is 42.5 Å². The van der Waals surface area contributed by atoms with Gasteiger partial charge in [-0.25, -0.2) is 4.79 Å². The maximum atomic E-state index is 11.6. The second kappa shape index (κ2) is 8.58. The summed E-state index contributed by atoms with van der Waals surface area (Å²) < 4.78 is 4.69. The zero-order valence-corrected chi connectivity index (χ0v) is 12.4. The monoisotopic (exact) mass is 324 g/mol. The van der Waals surface area contributed by atoms with E-state index < -0.39 is 23.4 Å². The van der Waals surface area contributed by atoms with E-state index in [1.807, 2.05) is 0 Å². The van der Waals surface area contributed by atoms with Crippen molar-refractivity contribution in [2.24, 2.45) is 0 Å². The number of rotatable bonds is 6. The first-order valence-electron chi connectivity index (χ1n) is 6.14. The van der Waals surface area contributed by atoms with Crippen LogP contribution in [-0.4, -0.2) is 23.4 Å². The van der Waals surface area contributed by atoms with Gasteiger partial charge in [0.05, 0.1) is 4.92 Å². The number of nitro benzene ring substituents is 1. The number of esters is 1. The Balaban J connectivity index is 2.57. The maximum absolute atomic E-state index is 11.6. The molecule has 0 radical (unpaired) electrons. The predicted octanol–water partition coefficient (Wildman–Crippen LogP) is 2.86. The summed E-state index contributed by atoms with van der Waals surface area (Å²) in [6, 6.07) is 3.82. The Kier molecular flexibility index (Phi) is 6.78. The third kappa shape index (κ3) is 5.76. The number of hydrogen-bond acceptors (Lipinski definition) is 5. The molecule has 0 unspecified atom stereocenters. The summed E-state index contributed by atoms with van der Waals surface area (Å²) in [5.74, 6) is -1.29. The van der Waals surface area contributed by atoms with Gasteiger partial charge in [0.25, 0.3) is 11.6 Å². The van der Waals surface area contributed by atoms with Gasteiger partial charge in [0.2, 0.25) is 0 Å². The van der Waals surface area contributed by atoms with E-state index >= 15 is 0 Å². The van der Waals surface area contributed by atoms with Crippen LogP contribution in [0.2, 0.25) is 5.02 Å². The van der Waals surface area contributed by atoms with Crippen LogP contribution in [0.1, 0.15) is 6.92 Å². The molecule has 8 heteroatoms. The van der Waals surface area contributed by atoms with Crippen LogP contribution in [0.4, 0.5) is 11.4 Å². The normalized spacial score (nSPS) is 10.8. The molecule has 1 aromatic carbocycles. The number of nitrogens with one attached hydrogen (secondary N) is 1. The van der Waals surface area contributed by atoms with Crippen molar-refractivity contribution in [3.8, 4) is 0 Å². The summed E-state index contributed by atoms with van der Waals surface area (Å²) in [7, 11) is 0. The first-order chi connectivity index (χ1) is 10.4. The Morgan fingerprint density at radius 2 is 2.14 bits per heavy atom. The van der Waals surface area contributed by atoms with Crippen molar-refractivity contribution in [3.63, 3.8) is 0 Å². The molecule has 0 aromatic heterocycles. The van der Waals surface area contributed by atoms with Crippen LogP contribution in [-0.2, 0) is 14.3 Å². The molecule has 0 bridgehead atoms. The van der Waals surface area contributed by atoms with Crippen LogP contribution in [0.3, 0.4) is 0 Å². The van der Waals surface area contributed by atoms with Gasteiger partial charge >= 0.3 is 5.97 Å². The molecule has 0 fully saturated rings. The van der Waals surface area contributed by atoms with Gasteiger partial charge in [-0.1, -0.05) is 29.8 Å². The number of carbonyl (C=O) groups excluding carboxylic acids is 2. The fourth-order valence-corrected chi connectivity index (χ4v) is 1.54. The quantitative estimate of drug-likeness (QED) is 0.285. The Hall–Kier alpha value is -2.67. The molecule has 0 atom stereocenters. The SMILES string of the molecule is C/C=C/C=C/C(=O)OCC(=O)Nc1ccc(Cl)c([N+](=O)[O-])c1. The molecule has 1 N–H and O–H groups in total. The molecule has 1 amide bonds. The Labute approximate surface area is 131 Å². The number of amides is 1. The lowest BCUT2D eigenvalue weighted by molar-refractivity contribution is -0.384. The van der Waals surface area contributed by atoms with Gasteiger partial charge in [-0.3, -0.25) is 14.9 Å². The number of allylic oxidation sites excluding steroid dienone is 3. The average Bonchev–Trinajstić information content (AvgIpc) is 2.47. The highest BCUT2D eigenvalue weighted by Gasteiger charge is 2.14. The molecule has 0 spiro atoms. The predicted molar refractivity (Wildman–Crippen MR) is 81.6 cm³/mol. The highest BCUT2D eigenvalue weighted by molar-refractivity contribution is 6.32. The van der Waals surface area contributed by atoms with Gasteiger partial charge in [0.1, 0.15) is 5.02 Å². The molecule has 0 aliphatic rings. The molecule has 0 saturated heterocycles. The minimum Gasteiger partial charge on any atom is -0.452 e. The number of ether oxygens (including phenoxy) is 1. The van der Waals surface area contributed by atoms with Gasteiger partial charge < -0.3 is 10.1 Å². The highest BCUT2D eigenvalue weighted by Crippen LogP contribution is 2.27. The van der Waals surface area contributed by atoms with E-state index in [0.717, 1.165) is 6.07 Å². The third-order valence-corrected chi connectivity index (χ3v) is 2.63.